The van der Waals surface area contributed by atoms with Crippen molar-refractivity contribution >= 4 is 6.03 Å². The largest absolute Gasteiger partial charge is 0.370 e. The molecule has 2 amide bonds. The minimum absolute atomic E-state index is 0.113. The zero-order valence-corrected chi connectivity index (χ0v) is 12.3. The van der Waals surface area contributed by atoms with E-state index in [1.807, 2.05) is 20.8 Å². The monoisotopic (exact) mass is 293 g/mol. The smallest absolute Gasteiger partial charge is 0.325 e. The molecule has 1 unspecified atom stereocenters. The number of halogens is 1. The van der Waals surface area contributed by atoms with Crippen molar-refractivity contribution in [2.75, 3.05) is 0 Å². The molecule has 1 aliphatic rings. The van der Waals surface area contributed by atoms with E-state index in [0.717, 1.165) is 5.56 Å². The Kier molecular flexibility index (Phi) is 4.47. The van der Waals surface area contributed by atoms with E-state index in [1.54, 1.807) is 12.1 Å². The Morgan fingerprint density at radius 3 is 2.67 bits per heavy atom. The first kappa shape index (κ1) is 15.3. The van der Waals surface area contributed by atoms with Gasteiger partial charge in [0.25, 0.3) is 0 Å². The Morgan fingerprint density at radius 1 is 1.38 bits per heavy atom. The number of amides is 2. The van der Waals surface area contributed by atoms with Crippen LogP contribution in [0.5, 0.6) is 0 Å². The molecular formula is C15H20FN3O2. The minimum atomic E-state index is -0.985. The van der Waals surface area contributed by atoms with Gasteiger partial charge in [-0.1, -0.05) is 12.1 Å². The quantitative estimate of drug-likeness (QED) is 0.796. The van der Waals surface area contributed by atoms with Crippen LogP contribution in [0.4, 0.5) is 9.18 Å². The summed E-state index contributed by atoms with van der Waals surface area (Å²) in [7, 11) is 0. The summed E-state index contributed by atoms with van der Waals surface area (Å²) in [4.78, 5) is 13.3. The van der Waals surface area contributed by atoms with Crippen molar-refractivity contribution in [3.63, 3.8) is 0 Å². The highest BCUT2D eigenvalue weighted by atomic mass is 19.1. The van der Waals surface area contributed by atoms with Gasteiger partial charge in [0.05, 0.1) is 0 Å². The number of carbonyl (C=O) groups is 1. The number of aliphatic hydroxyl groups is 1. The number of urea groups is 1. The molecule has 0 bridgehead atoms. The first-order chi connectivity index (χ1) is 9.88. The summed E-state index contributed by atoms with van der Waals surface area (Å²) in [6, 6.07) is 5.55. The van der Waals surface area contributed by atoms with Crippen LogP contribution in [0.2, 0.25) is 0 Å². The number of carbonyl (C=O) groups excluding carboxylic acids is 1. The molecule has 0 radical (unpaired) electrons. The van der Waals surface area contributed by atoms with Crippen LogP contribution in [0.25, 0.3) is 0 Å². The predicted molar refractivity (Wildman–Crippen MR) is 77.5 cm³/mol. The maximum absolute atomic E-state index is 13.2. The zero-order chi connectivity index (χ0) is 15.6. The topological polar surface area (TPSA) is 64.6 Å². The fourth-order valence-electron chi connectivity index (χ4n) is 2.29. The molecule has 3 N–H and O–H groups in total. The summed E-state index contributed by atoms with van der Waals surface area (Å²) >= 11 is 0. The Balaban J connectivity index is 2.10. The first-order valence-corrected chi connectivity index (χ1v) is 6.89. The molecule has 5 nitrogen and oxygen atoms in total. The van der Waals surface area contributed by atoms with Crippen molar-refractivity contribution in [3.05, 3.63) is 47.5 Å². The van der Waals surface area contributed by atoms with Gasteiger partial charge in [0, 0.05) is 18.2 Å². The summed E-state index contributed by atoms with van der Waals surface area (Å²) in [5, 5.41) is 15.7. The molecule has 0 saturated carbocycles. The Morgan fingerprint density at radius 2 is 2.10 bits per heavy atom. The molecule has 1 heterocycles. The Bertz CT molecular complexity index is 560. The van der Waals surface area contributed by atoms with E-state index < -0.39 is 6.23 Å². The van der Waals surface area contributed by atoms with E-state index in [1.165, 1.54) is 23.1 Å². The third kappa shape index (κ3) is 3.52. The molecule has 0 aromatic heterocycles. The fourth-order valence-corrected chi connectivity index (χ4v) is 2.29. The summed E-state index contributed by atoms with van der Waals surface area (Å²) in [5.74, 6) is 0.106. The van der Waals surface area contributed by atoms with Crippen molar-refractivity contribution < 1.29 is 14.3 Å². The van der Waals surface area contributed by atoms with Crippen LogP contribution in [0.15, 0.2) is 36.2 Å². The highest BCUT2D eigenvalue weighted by Gasteiger charge is 2.28. The summed E-state index contributed by atoms with van der Waals surface area (Å²) in [6.45, 7) is 5.50. The van der Waals surface area contributed by atoms with E-state index in [4.69, 9.17) is 0 Å². The van der Waals surface area contributed by atoms with Gasteiger partial charge in [-0.25, -0.2) is 9.18 Å². The molecule has 1 aromatic carbocycles. The molecule has 0 aliphatic carbocycles. The van der Waals surface area contributed by atoms with Gasteiger partial charge >= 0.3 is 6.03 Å². The van der Waals surface area contributed by atoms with E-state index in [2.05, 4.69) is 10.6 Å². The second kappa shape index (κ2) is 6.13. The van der Waals surface area contributed by atoms with E-state index in [0.29, 0.717) is 5.82 Å². The van der Waals surface area contributed by atoms with Gasteiger partial charge in [0.2, 0.25) is 0 Å². The molecule has 0 saturated heterocycles. The van der Waals surface area contributed by atoms with Crippen LogP contribution in [0.1, 0.15) is 32.4 Å². The molecule has 6 heteroatoms. The molecule has 2 rings (SSSR count). The lowest BCUT2D eigenvalue weighted by Gasteiger charge is -2.35. The molecule has 114 valence electrons. The number of rotatable bonds is 4. The normalized spacial score (nSPS) is 20.1. The molecular weight excluding hydrogens is 273 g/mol. The molecule has 0 spiro atoms. The van der Waals surface area contributed by atoms with Gasteiger partial charge in [-0.2, -0.15) is 0 Å². The minimum Gasteiger partial charge on any atom is -0.370 e. The SMILES string of the molecule is CC(C)N1C(=O)NC(N[C@@H](C)c2cccc(F)c2)=CC1O. The maximum Gasteiger partial charge on any atom is 0.325 e. The highest BCUT2D eigenvalue weighted by molar-refractivity contribution is 5.78. The van der Waals surface area contributed by atoms with Crippen LogP contribution in [-0.4, -0.2) is 28.3 Å². The highest BCUT2D eigenvalue weighted by Crippen LogP contribution is 2.17. The van der Waals surface area contributed by atoms with Crippen molar-refractivity contribution in [2.45, 2.75) is 39.1 Å². The van der Waals surface area contributed by atoms with Gasteiger partial charge in [0.15, 0.2) is 6.23 Å². The number of nitrogens with zero attached hydrogens (tertiary/aromatic N) is 1. The summed E-state index contributed by atoms with van der Waals surface area (Å²) < 4.78 is 13.2. The maximum atomic E-state index is 13.2. The number of hydrogen-bond acceptors (Lipinski definition) is 3. The molecule has 21 heavy (non-hydrogen) atoms. The van der Waals surface area contributed by atoms with Gasteiger partial charge < -0.3 is 10.4 Å². The standard InChI is InChI=1S/C15H20FN3O2/c1-9(2)19-14(20)8-13(18-15(19)21)17-10(3)11-5-4-6-12(16)7-11/h4-10,14,17,20H,1-3H3,(H,18,21)/t10-,14?/m0/s1. The van der Waals surface area contributed by atoms with Crippen LogP contribution in [0, 0.1) is 5.82 Å². The molecule has 1 aromatic rings. The lowest BCUT2D eigenvalue weighted by atomic mass is 10.1. The van der Waals surface area contributed by atoms with Crippen molar-refractivity contribution in [1.29, 1.82) is 0 Å². The van der Waals surface area contributed by atoms with Gasteiger partial charge in [-0.3, -0.25) is 10.2 Å². The van der Waals surface area contributed by atoms with Crippen LogP contribution in [-0.2, 0) is 0 Å². The Hall–Kier alpha value is -2.08. The zero-order valence-electron chi connectivity index (χ0n) is 12.3. The predicted octanol–water partition coefficient (Wildman–Crippen LogP) is 2.07. The van der Waals surface area contributed by atoms with Crippen molar-refractivity contribution in [3.8, 4) is 0 Å². The molecule has 0 fully saturated rings. The Labute approximate surface area is 123 Å². The van der Waals surface area contributed by atoms with Gasteiger partial charge in [0.1, 0.15) is 11.6 Å². The number of nitrogens with one attached hydrogen (secondary N) is 2. The van der Waals surface area contributed by atoms with E-state index in [-0.39, 0.29) is 23.9 Å². The average molecular weight is 293 g/mol. The van der Waals surface area contributed by atoms with Crippen LogP contribution in [0.3, 0.4) is 0 Å². The van der Waals surface area contributed by atoms with Crippen molar-refractivity contribution in [2.24, 2.45) is 0 Å². The summed E-state index contributed by atoms with van der Waals surface area (Å²) in [5.41, 5.74) is 0.755. The lowest BCUT2D eigenvalue weighted by Crippen LogP contribution is -2.54. The average Bonchev–Trinajstić information content (AvgIpc) is 2.37. The van der Waals surface area contributed by atoms with Crippen molar-refractivity contribution in [1.82, 2.24) is 15.5 Å². The third-order valence-corrected chi connectivity index (χ3v) is 3.35. The van der Waals surface area contributed by atoms with E-state index >= 15 is 0 Å². The fraction of sp³-hybridized carbons (Fsp3) is 0.400. The first-order valence-electron chi connectivity index (χ1n) is 6.89. The van der Waals surface area contributed by atoms with Gasteiger partial charge in [-0.15, -0.1) is 0 Å². The second-order valence-corrected chi connectivity index (χ2v) is 5.35. The molecule has 2 atom stereocenters. The third-order valence-electron chi connectivity index (χ3n) is 3.35. The number of benzene rings is 1. The van der Waals surface area contributed by atoms with Crippen LogP contribution < -0.4 is 10.6 Å². The summed E-state index contributed by atoms with van der Waals surface area (Å²) in [6.07, 6.45) is 0.540. The number of hydrogen-bond donors (Lipinski definition) is 3. The lowest BCUT2D eigenvalue weighted by molar-refractivity contribution is 0.0418. The van der Waals surface area contributed by atoms with Gasteiger partial charge in [-0.05, 0) is 38.5 Å². The molecule has 1 aliphatic heterocycles. The number of aliphatic hydroxyl groups excluding tert-OH is 1. The van der Waals surface area contributed by atoms with E-state index in [9.17, 15) is 14.3 Å². The second-order valence-electron chi connectivity index (χ2n) is 5.35. The van der Waals surface area contributed by atoms with Crippen LogP contribution >= 0.6 is 0 Å².